The summed E-state index contributed by atoms with van der Waals surface area (Å²) in [5.41, 5.74) is 0.556. The summed E-state index contributed by atoms with van der Waals surface area (Å²) in [6.07, 6.45) is -0.849. The Labute approximate surface area is 125 Å². The molecule has 0 aliphatic heterocycles. The Morgan fingerprint density at radius 3 is 2.38 bits per heavy atom. The van der Waals surface area contributed by atoms with Crippen LogP contribution in [0.2, 0.25) is 0 Å². The van der Waals surface area contributed by atoms with Crippen LogP contribution >= 0.6 is 0 Å². The van der Waals surface area contributed by atoms with Gasteiger partial charge in [0.25, 0.3) is 0 Å². The molecule has 2 N–H and O–H groups in total. The molecule has 0 radical (unpaired) electrons. The van der Waals surface area contributed by atoms with Gasteiger partial charge in [-0.3, -0.25) is 4.79 Å². The fourth-order valence-electron chi connectivity index (χ4n) is 1.94. The fourth-order valence-corrected chi connectivity index (χ4v) is 1.94. The molecular formula is C16H23NO4. The van der Waals surface area contributed by atoms with Gasteiger partial charge >= 0.3 is 5.97 Å². The SMILES string of the molecule is CCOC(=O)C(NC(=O)CC(C)C)C(O)c1ccccc1. The van der Waals surface area contributed by atoms with Crippen LogP contribution < -0.4 is 5.32 Å². The molecule has 0 saturated carbocycles. The first-order valence-electron chi connectivity index (χ1n) is 7.14. The maximum Gasteiger partial charge on any atom is 0.331 e. The van der Waals surface area contributed by atoms with Crippen LogP contribution in [-0.4, -0.2) is 29.6 Å². The van der Waals surface area contributed by atoms with Crippen LogP contribution in [0.4, 0.5) is 0 Å². The number of carbonyl (C=O) groups is 2. The van der Waals surface area contributed by atoms with Gasteiger partial charge < -0.3 is 15.2 Å². The maximum atomic E-state index is 12.0. The number of aliphatic hydroxyl groups is 1. The highest BCUT2D eigenvalue weighted by molar-refractivity contribution is 5.85. The summed E-state index contributed by atoms with van der Waals surface area (Å²) in [5.74, 6) is -0.745. The summed E-state index contributed by atoms with van der Waals surface area (Å²) in [6, 6.07) is 7.63. The predicted octanol–water partition coefficient (Wildman–Crippen LogP) is 1.81. The molecule has 0 aromatic heterocycles. The number of nitrogens with one attached hydrogen (secondary N) is 1. The first kappa shape index (κ1) is 17.2. The first-order valence-corrected chi connectivity index (χ1v) is 7.14. The van der Waals surface area contributed by atoms with Crippen LogP contribution in [0, 0.1) is 5.92 Å². The predicted molar refractivity (Wildman–Crippen MR) is 79.4 cm³/mol. The topological polar surface area (TPSA) is 75.6 Å². The number of ether oxygens (including phenoxy) is 1. The lowest BCUT2D eigenvalue weighted by Gasteiger charge is -2.23. The molecule has 2 unspecified atom stereocenters. The molecule has 5 heteroatoms. The van der Waals surface area contributed by atoms with Gasteiger partial charge in [-0.15, -0.1) is 0 Å². The molecule has 0 saturated heterocycles. The van der Waals surface area contributed by atoms with Gasteiger partial charge in [-0.2, -0.15) is 0 Å². The summed E-state index contributed by atoms with van der Waals surface area (Å²) in [6.45, 7) is 5.69. The standard InChI is InChI=1S/C16H23NO4/c1-4-21-16(20)14(17-13(18)10-11(2)3)15(19)12-8-6-5-7-9-12/h5-9,11,14-15,19H,4,10H2,1-3H3,(H,17,18). The van der Waals surface area contributed by atoms with Crippen molar-refractivity contribution in [2.75, 3.05) is 6.61 Å². The van der Waals surface area contributed by atoms with E-state index >= 15 is 0 Å². The van der Waals surface area contributed by atoms with E-state index in [2.05, 4.69) is 5.32 Å². The molecular weight excluding hydrogens is 270 g/mol. The molecule has 1 aromatic rings. The minimum atomic E-state index is -1.14. The molecule has 2 atom stereocenters. The molecule has 0 aliphatic rings. The van der Waals surface area contributed by atoms with E-state index in [4.69, 9.17) is 4.74 Å². The van der Waals surface area contributed by atoms with Crippen molar-refractivity contribution in [1.82, 2.24) is 5.32 Å². The van der Waals surface area contributed by atoms with Crippen molar-refractivity contribution in [3.05, 3.63) is 35.9 Å². The van der Waals surface area contributed by atoms with E-state index in [9.17, 15) is 14.7 Å². The Hall–Kier alpha value is -1.88. The molecule has 5 nitrogen and oxygen atoms in total. The van der Waals surface area contributed by atoms with Gasteiger partial charge in [-0.1, -0.05) is 44.2 Å². The fraction of sp³-hybridized carbons (Fsp3) is 0.500. The highest BCUT2D eigenvalue weighted by atomic mass is 16.5. The normalized spacial score (nSPS) is 13.6. The van der Waals surface area contributed by atoms with Crippen LogP contribution in [0.25, 0.3) is 0 Å². The third kappa shape index (κ3) is 5.55. The minimum absolute atomic E-state index is 0.168. The molecule has 0 heterocycles. The smallest absolute Gasteiger partial charge is 0.331 e. The second-order valence-electron chi connectivity index (χ2n) is 5.25. The zero-order chi connectivity index (χ0) is 15.8. The van der Waals surface area contributed by atoms with Crippen LogP contribution in [0.3, 0.4) is 0 Å². The Balaban J connectivity index is 2.86. The summed E-state index contributed by atoms with van der Waals surface area (Å²) in [4.78, 5) is 23.9. The molecule has 0 bridgehead atoms. The maximum absolute atomic E-state index is 12.0. The average molecular weight is 293 g/mol. The quantitative estimate of drug-likeness (QED) is 0.752. The number of esters is 1. The van der Waals surface area contributed by atoms with Crippen LogP contribution in [0.1, 0.15) is 38.9 Å². The molecule has 1 aromatic carbocycles. The lowest BCUT2D eigenvalue weighted by atomic mass is 10.0. The van der Waals surface area contributed by atoms with Crippen LogP contribution in [0.5, 0.6) is 0 Å². The van der Waals surface area contributed by atoms with E-state index < -0.39 is 18.1 Å². The van der Waals surface area contributed by atoms with E-state index in [1.54, 1.807) is 31.2 Å². The van der Waals surface area contributed by atoms with Crippen LogP contribution in [0.15, 0.2) is 30.3 Å². The zero-order valence-corrected chi connectivity index (χ0v) is 12.7. The number of benzene rings is 1. The van der Waals surface area contributed by atoms with Gasteiger partial charge in [0, 0.05) is 6.42 Å². The largest absolute Gasteiger partial charge is 0.464 e. The highest BCUT2D eigenvalue weighted by Crippen LogP contribution is 2.18. The molecule has 1 amide bonds. The van der Waals surface area contributed by atoms with Crippen molar-refractivity contribution in [2.24, 2.45) is 5.92 Å². The number of rotatable bonds is 7. The van der Waals surface area contributed by atoms with Crippen molar-refractivity contribution in [3.8, 4) is 0 Å². The molecule has 116 valence electrons. The van der Waals surface area contributed by atoms with Crippen molar-refractivity contribution in [1.29, 1.82) is 0 Å². The molecule has 1 rings (SSSR count). The minimum Gasteiger partial charge on any atom is -0.464 e. The van der Waals surface area contributed by atoms with Gasteiger partial charge in [-0.05, 0) is 18.4 Å². The number of hydrogen-bond donors (Lipinski definition) is 2. The average Bonchev–Trinajstić information content (AvgIpc) is 2.44. The van der Waals surface area contributed by atoms with Gasteiger partial charge in [0.1, 0.15) is 6.10 Å². The number of aliphatic hydroxyl groups excluding tert-OH is 1. The van der Waals surface area contributed by atoms with E-state index in [-0.39, 0.29) is 24.9 Å². The lowest BCUT2D eigenvalue weighted by Crippen LogP contribution is -2.46. The summed E-state index contributed by atoms with van der Waals surface area (Å²) in [5, 5.41) is 12.9. The summed E-state index contributed by atoms with van der Waals surface area (Å²) < 4.78 is 4.94. The van der Waals surface area contributed by atoms with E-state index in [1.807, 2.05) is 19.9 Å². The summed E-state index contributed by atoms with van der Waals surface area (Å²) >= 11 is 0. The van der Waals surface area contributed by atoms with Crippen molar-refractivity contribution in [3.63, 3.8) is 0 Å². The van der Waals surface area contributed by atoms with E-state index in [0.717, 1.165) is 0 Å². The number of amides is 1. The third-order valence-electron chi connectivity index (χ3n) is 2.91. The van der Waals surface area contributed by atoms with E-state index in [1.165, 1.54) is 0 Å². The monoisotopic (exact) mass is 293 g/mol. The van der Waals surface area contributed by atoms with Gasteiger partial charge in [0.15, 0.2) is 6.04 Å². The van der Waals surface area contributed by atoms with E-state index in [0.29, 0.717) is 5.56 Å². The highest BCUT2D eigenvalue weighted by Gasteiger charge is 2.30. The van der Waals surface area contributed by atoms with Crippen LogP contribution in [-0.2, 0) is 14.3 Å². The summed E-state index contributed by atoms with van der Waals surface area (Å²) in [7, 11) is 0. The van der Waals surface area contributed by atoms with Gasteiger partial charge in [0.05, 0.1) is 6.61 Å². The second kappa shape index (κ2) is 8.42. The third-order valence-corrected chi connectivity index (χ3v) is 2.91. The Morgan fingerprint density at radius 1 is 1.24 bits per heavy atom. The zero-order valence-electron chi connectivity index (χ0n) is 12.7. The molecule has 0 fully saturated rings. The van der Waals surface area contributed by atoms with Gasteiger partial charge in [0.2, 0.25) is 5.91 Å². The Morgan fingerprint density at radius 2 is 1.86 bits per heavy atom. The van der Waals surface area contributed by atoms with Crippen molar-refractivity contribution in [2.45, 2.75) is 39.3 Å². The van der Waals surface area contributed by atoms with Gasteiger partial charge in [-0.25, -0.2) is 4.79 Å². The molecule has 0 aliphatic carbocycles. The molecule has 0 spiro atoms. The van der Waals surface area contributed by atoms with Crippen molar-refractivity contribution < 1.29 is 19.4 Å². The Bertz CT molecular complexity index is 459. The molecule has 21 heavy (non-hydrogen) atoms. The second-order valence-corrected chi connectivity index (χ2v) is 5.25. The number of carbonyl (C=O) groups excluding carboxylic acids is 2. The number of hydrogen-bond acceptors (Lipinski definition) is 4. The first-order chi connectivity index (χ1) is 9.95. The Kier molecular flexibility index (Phi) is 6.88. The van der Waals surface area contributed by atoms with Crippen molar-refractivity contribution >= 4 is 11.9 Å². The lowest BCUT2D eigenvalue weighted by molar-refractivity contribution is -0.151.